The first-order valence-corrected chi connectivity index (χ1v) is 27.6. The Morgan fingerprint density at radius 2 is 0.956 bits per heavy atom. The third-order valence-electron chi connectivity index (χ3n) is 13.6. The van der Waals surface area contributed by atoms with Crippen molar-refractivity contribution < 1.29 is 64.6 Å². The maximum absolute atomic E-state index is 13.0. The van der Waals surface area contributed by atoms with Gasteiger partial charge in [-0.25, -0.2) is 0 Å². The highest BCUT2D eigenvalue weighted by molar-refractivity contribution is 5.76. The summed E-state index contributed by atoms with van der Waals surface area (Å²) in [6, 6.07) is -0.907. The highest BCUT2D eigenvalue weighted by Gasteiger charge is 2.51. The van der Waals surface area contributed by atoms with Gasteiger partial charge in [0.2, 0.25) is 5.91 Å². The lowest BCUT2D eigenvalue weighted by atomic mass is 9.97. The number of carbonyl (C=O) groups excluding carboxylic acids is 1. The van der Waals surface area contributed by atoms with Crippen LogP contribution < -0.4 is 5.32 Å². The average molecular weight is 972 g/mol. The van der Waals surface area contributed by atoms with E-state index in [0.29, 0.717) is 6.42 Å². The lowest BCUT2D eigenvalue weighted by Crippen LogP contribution is -2.65. The minimum atomic E-state index is -1.78. The first kappa shape index (κ1) is 62.6. The largest absolute Gasteiger partial charge is 0.394 e. The van der Waals surface area contributed by atoms with Crippen LogP contribution in [-0.4, -0.2) is 140 Å². The molecule has 68 heavy (non-hydrogen) atoms. The van der Waals surface area contributed by atoms with E-state index in [2.05, 4.69) is 24.4 Å². The van der Waals surface area contributed by atoms with Crippen LogP contribution in [0.5, 0.6) is 0 Å². The Kier molecular flexibility index (Phi) is 37.7. The van der Waals surface area contributed by atoms with Crippen LogP contribution in [-0.2, 0) is 23.7 Å². The van der Waals surface area contributed by atoms with Crippen molar-refractivity contribution in [2.75, 3.05) is 19.8 Å². The molecule has 2 fully saturated rings. The molecule has 2 aliphatic rings. The summed E-state index contributed by atoms with van der Waals surface area (Å²) in [5, 5.41) is 85.9. The Balaban J connectivity index is 1.51. The Hall–Kier alpha value is -1.53. The summed E-state index contributed by atoms with van der Waals surface area (Å²) >= 11 is 0. The fourth-order valence-electron chi connectivity index (χ4n) is 9.12. The number of hydrogen-bond acceptors (Lipinski definition) is 13. The molecule has 0 radical (unpaired) electrons. The molecule has 14 heteroatoms. The Morgan fingerprint density at radius 1 is 0.515 bits per heavy atom. The van der Waals surface area contributed by atoms with Crippen LogP contribution in [0.4, 0.5) is 0 Å². The molecule has 12 atom stereocenters. The van der Waals surface area contributed by atoms with E-state index in [9.17, 15) is 45.6 Å². The van der Waals surface area contributed by atoms with Gasteiger partial charge in [-0.1, -0.05) is 199 Å². The Bertz CT molecular complexity index is 1240. The summed E-state index contributed by atoms with van der Waals surface area (Å²) in [5.74, 6) is -0.249. The molecule has 0 aromatic heterocycles. The zero-order chi connectivity index (χ0) is 49.6. The van der Waals surface area contributed by atoms with Gasteiger partial charge in [-0.05, 0) is 38.5 Å². The number of aliphatic hydroxyl groups is 8. The van der Waals surface area contributed by atoms with Crippen molar-refractivity contribution in [3.05, 3.63) is 24.3 Å². The molecule has 0 aromatic carbocycles. The van der Waals surface area contributed by atoms with Gasteiger partial charge in [0, 0.05) is 6.42 Å². The molecular weight excluding hydrogens is 871 g/mol. The summed E-state index contributed by atoms with van der Waals surface area (Å²) in [4.78, 5) is 13.0. The van der Waals surface area contributed by atoms with Crippen LogP contribution in [0, 0.1) is 0 Å². The van der Waals surface area contributed by atoms with Crippen LogP contribution >= 0.6 is 0 Å². The van der Waals surface area contributed by atoms with Crippen molar-refractivity contribution in [2.24, 2.45) is 0 Å². The number of nitrogens with one attached hydrogen (secondary N) is 1. The predicted molar refractivity (Wildman–Crippen MR) is 268 cm³/mol. The second kappa shape index (κ2) is 41.0. The van der Waals surface area contributed by atoms with E-state index in [1.807, 2.05) is 13.0 Å². The van der Waals surface area contributed by atoms with Gasteiger partial charge in [0.05, 0.1) is 32.0 Å². The van der Waals surface area contributed by atoms with Gasteiger partial charge in [0.25, 0.3) is 0 Å². The number of hydrogen-bond donors (Lipinski definition) is 9. The normalized spacial score (nSPS) is 26.5. The third-order valence-corrected chi connectivity index (χ3v) is 13.6. The quantitative estimate of drug-likeness (QED) is 0.0208. The average Bonchev–Trinajstić information content (AvgIpc) is 3.33. The van der Waals surface area contributed by atoms with Crippen molar-refractivity contribution in [1.29, 1.82) is 0 Å². The molecule has 2 heterocycles. The van der Waals surface area contributed by atoms with Crippen molar-refractivity contribution in [3.63, 3.8) is 0 Å². The van der Waals surface area contributed by atoms with Crippen molar-refractivity contribution in [3.8, 4) is 0 Å². The number of rotatable bonds is 43. The van der Waals surface area contributed by atoms with E-state index < -0.39 is 86.8 Å². The van der Waals surface area contributed by atoms with E-state index in [1.54, 1.807) is 6.08 Å². The second-order valence-electron chi connectivity index (χ2n) is 19.7. The lowest BCUT2D eigenvalue weighted by Gasteiger charge is -2.46. The molecule has 14 nitrogen and oxygen atoms in total. The van der Waals surface area contributed by atoms with Crippen molar-refractivity contribution in [2.45, 2.75) is 293 Å². The number of unbranched alkanes of at least 4 members (excludes halogenated alkanes) is 28. The van der Waals surface area contributed by atoms with Crippen LogP contribution in [0.1, 0.15) is 219 Å². The summed E-state index contributed by atoms with van der Waals surface area (Å²) in [5.41, 5.74) is 0. The SMILES string of the molecule is CCC/C=C/C(O)C(COC1OC(CO)C(OC2OC(CO)C(O)C(O)C2O)C(O)C1O)NC(=O)CCCCCCCCCCCCCCCCCCCCC/C=C\CCCCCCCCCC. The minimum Gasteiger partial charge on any atom is -0.394 e. The van der Waals surface area contributed by atoms with Gasteiger partial charge in [-0.15, -0.1) is 0 Å². The summed E-state index contributed by atoms with van der Waals surface area (Å²) in [6.07, 6.45) is 30.9. The van der Waals surface area contributed by atoms with Gasteiger partial charge in [0.1, 0.15) is 48.8 Å². The fraction of sp³-hybridized carbons (Fsp3) is 0.907. The molecule has 2 rings (SSSR count). The van der Waals surface area contributed by atoms with Gasteiger partial charge in [0.15, 0.2) is 12.6 Å². The molecule has 0 aliphatic carbocycles. The van der Waals surface area contributed by atoms with Crippen molar-refractivity contribution in [1.82, 2.24) is 5.32 Å². The predicted octanol–water partition coefficient (Wildman–Crippen LogP) is 8.11. The van der Waals surface area contributed by atoms with Gasteiger partial charge < -0.3 is 65.1 Å². The maximum Gasteiger partial charge on any atom is 0.220 e. The number of aliphatic hydroxyl groups excluding tert-OH is 8. The molecule has 0 saturated carbocycles. The highest BCUT2D eigenvalue weighted by Crippen LogP contribution is 2.30. The highest BCUT2D eigenvalue weighted by atomic mass is 16.7. The topological polar surface area (TPSA) is 228 Å². The first-order valence-electron chi connectivity index (χ1n) is 27.6. The Morgan fingerprint density at radius 3 is 1.43 bits per heavy atom. The standard InChI is InChI=1S/C54H101NO13/c1-3-5-7-8-9-10-11-12-13-14-15-16-17-18-19-20-21-22-23-24-25-26-27-28-29-30-31-32-33-34-36-38-46(59)55-42(43(58)37-35-6-4-2)41-65-53-51(64)49(62)52(45(40-57)67-53)68-54-50(63)48(61)47(60)44(39-56)66-54/h14-15,35,37,42-45,47-54,56-58,60-64H,3-13,16-34,36,38-41H2,1-2H3,(H,55,59)/b15-14-,37-35+. The Labute approximate surface area is 411 Å². The zero-order valence-corrected chi connectivity index (χ0v) is 42.6. The second-order valence-corrected chi connectivity index (χ2v) is 19.7. The van der Waals surface area contributed by atoms with E-state index >= 15 is 0 Å². The molecule has 2 saturated heterocycles. The lowest BCUT2D eigenvalue weighted by molar-refractivity contribution is -0.359. The van der Waals surface area contributed by atoms with E-state index in [4.69, 9.17) is 18.9 Å². The monoisotopic (exact) mass is 972 g/mol. The van der Waals surface area contributed by atoms with Crippen LogP contribution in [0.3, 0.4) is 0 Å². The van der Waals surface area contributed by atoms with Crippen molar-refractivity contribution >= 4 is 5.91 Å². The van der Waals surface area contributed by atoms with Gasteiger partial charge in [-0.2, -0.15) is 0 Å². The fourth-order valence-corrected chi connectivity index (χ4v) is 9.12. The molecule has 0 bridgehead atoms. The molecule has 0 spiro atoms. The minimum absolute atomic E-state index is 0.249. The summed E-state index contributed by atoms with van der Waals surface area (Å²) < 4.78 is 22.5. The van der Waals surface area contributed by atoms with Crippen LogP contribution in [0.15, 0.2) is 24.3 Å². The molecular formula is C54H101NO13. The smallest absolute Gasteiger partial charge is 0.220 e. The maximum atomic E-state index is 13.0. The number of carbonyl (C=O) groups is 1. The summed E-state index contributed by atoms with van der Waals surface area (Å²) in [7, 11) is 0. The number of allylic oxidation sites excluding steroid dienone is 3. The zero-order valence-electron chi connectivity index (χ0n) is 42.6. The third kappa shape index (κ3) is 27.3. The molecule has 2 aliphatic heterocycles. The molecule has 9 N–H and O–H groups in total. The molecule has 1 amide bonds. The first-order chi connectivity index (χ1) is 33.1. The van der Waals surface area contributed by atoms with Gasteiger partial charge in [-0.3, -0.25) is 4.79 Å². The van der Waals surface area contributed by atoms with E-state index in [-0.39, 0.29) is 18.9 Å². The van der Waals surface area contributed by atoms with Crippen LogP contribution in [0.2, 0.25) is 0 Å². The van der Waals surface area contributed by atoms with Crippen LogP contribution in [0.25, 0.3) is 0 Å². The van der Waals surface area contributed by atoms with E-state index in [1.165, 1.54) is 161 Å². The van der Waals surface area contributed by atoms with Gasteiger partial charge >= 0.3 is 0 Å². The number of amides is 1. The molecule has 400 valence electrons. The molecule has 0 aromatic rings. The number of ether oxygens (including phenoxy) is 4. The van der Waals surface area contributed by atoms with E-state index in [0.717, 1.165) is 32.1 Å². The summed E-state index contributed by atoms with van der Waals surface area (Å²) in [6.45, 7) is 2.57. The molecule has 12 unspecified atom stereocenters.